The van der Waals surface area contributed by atoms with Gasteiger partial charge in [-0.2, -0.15) is 4.90 Å². The topological polar surface area (TPSA) is 70.5 Å². The second-order valence-electron chi connectivity index (χ2n) is 5.98. The first kappa shape index (κ1) is 15.3. The predicted molar refractivity (Wildman–Crippen MR) is 92.2 cm³/mol. The van der Waals surface area contributed by atoms with Crippen molar-refractivity contribution in [3.05, 3.63) is 94.7 Å². The molecule has 0 bridgehead atoms. The van der Waals surface area contributed by atoms with Crippen LogP contribution in [0.4, 0.5) is 17.2 Å². The highest BCUT2D eigenvalue weighted by molar-refractivity contribution is 5.62. The van der Waals surface area contributed by atoms with Crippen LogP contribution in [-0.2, 0) is 12.3 Å². The molecule has 0 amide bonds. The third-order valence-electron chi connectivity index (χ3n) is 4.44. The number of rotatable bonds is 3. The molecule has 124 valence electrons. The Morgan fingerprint density at radius 1 is 1.04 bits per heavy atom. The minimum atomic E-state index is -1.41. The molecule has 0 spiro atoms. The summed E-state index contributed by atoms with van der Waals surface area (Å²) >= 11 is 0. The average molecular weight is 334 g/mol. The number of nitro groups is 1. The number of benzene rings is 2. The lowest BCUT2D eigenvalue weighted by Gasteiger charge is -2.27. The van der Waals surface area contributed by atoms with Crippen molar-refractivity contribution in [3.8, 4) is 0 Å². The van der Waals surface area contributed by atoms with Gasteiger partial charge in [0.1, 0.15) is 5.69 Å². The van der Waals surface area contributed by atoms with E-state index in [2.05, 4.69) is 0 Å². The summed E-state index contributed by atoms with van der Waals surface area (Å²) in [6.07, 6.45) is 1.89. The van der Waals surface area contributed by atoms with Crippen molar-refractivity contribution in [1.82, 2.24) is 0 Å². The van der Waals surface area contributed by atoms with E-state index in [0.29, 0.717) is 5.56 Å². The lowest BCUT2D eigenvalue weighted by atomic mass is 10.0. The molecule has 1 N–H and O–H groups in total. The number of aromatic nitrogens is 1. The van der Waals surface area contributed by atoms with Crippen molar-refractivity contribution in [2.45, 2.75) is 12.3 Å². The van der Waals surface area contributed by atoms with Gasteiger partial charge in [0.25, 0.3) is 17.2 Å². The molecule has 4 rings (SSSR count). The van der Waals surface area contributed by atoms with E-state index in [1.165, 1.54) is 12.1 Å². The van der Waals surface area contributed by atoms with E-state index >= 15 is 0 Å². The van der Waals surface area contributed by atoms with Crippen LogP contribution in [0.2, 0.25) is 0 Å². The molecule has 2 heterocycles. The molecule has 0 fully saturated rings. The van der Waals surface area contributed by atoms with Gasteiger partial charge in [0.2, 0.25) is 0 Å². The molecule has 0 saturated carbocycles. The van der Waals surface area contributed by atoms with Gasteiger partial charge >= 0.3 is 0 Å². The summed E-state index contributed by atoms with van der Waals surface area (Å²) in [5.41, 5.74) is -0.162. The second-order valence-corrected chi connectivity index (χ2v) is 5.98. The number of hydrogen-bond acceptors (Lipinski definition) is 4. The van der Waals surface area contributed by atoms with Crippen LogP contribution >= 0.6 is 0 Å². The third kappa shape index (κ3) is 2.43. The van der Waals surface area contributed by atoms with Crippen molar-refractivity contribution < 1.29 is 14.6 Å². The van der Waals surface area contributed by atoms with Gasteiger partial charge < -0.3 is 5.11 Å². The average Bonchev–Trinajstić information content (AvgIpc) is 2.95. The number of fused-ring (bicyclic) bond motifs is 1. The number of aliphatic hydroxyl groups is 1. The summed E-state index contributed by atoms with van der Waals surface area (Å²) in [6, 6.07) is 21.4. The van der Waals surface area contributed by atoms with E-state index in [1.54, 1.807) is 12.1 Å². The maximum atomic E-state index is 11.6. The van der Waals surface area contributed by atoms with Crippen LogP contribution in [0.25, 0.3) is 0 Å². The lowest BCUT2D eigenvalue weighted by Crippen LogP contribution is -2.43. The molecule has 6 heteroatoms. The minimum absolute atomic E-state index is 0.0418. The number of para-hydroxylation sites is 1. The van der Waals surface area contributed by atoms with Gasteiger partial charge in [-0.1, -0.05) is 36.4 Å². The van der Waals surface area contributed by atoms with Gasteiger partial charge in [0.05, 0.1) is 11.1 Å². The molecule has 1 aromatic heterocycles. The summed E-state index contributed by atoms with van der Waals surface area (Å²) in [5, 5.41) is 22.7. The fourth-order valence-corrected chi connectivity index (χ4v) is 3.31. The fourth-order valence-electron chi connectivity index (χ4n) is 3.31. The smallest absolute Gasteiger partial charge is 0.284 e. The maximum absolute atomic E-state index is 11.6. The molecule has 0 radical (unpaired) electrons. The molecule has 1 unspecified atom stereocenters. The maximum Gasteiger partial charge on any atom is 0.284 e. The van der Waals surface area contributed by atoms with Crippen molar-refractivity contribution in [1.29, 1.82) is 0 Å². The highest BCUT2D eigenvalue weighted by Crippen LogP contribution is 2.41. The normalized spacial score (nSPS) is 18.8. The van der Waals surface area contributed by atoms with Crippen LogP contribution in [0.1, 0.15) is 5.56 Å². The number of nitrogens with zero attached hydrogens (tertiary/aromatic N) is 3. The molecule has 2 aromatic carbocycles. The fraction of sp³-hybridized carbons (Fsp3) is 0.105. The summed E-state index contributed by atoms with van der Waals surface area (Å²) < 4.78 is 1.94. The molecule has 1 atom stereocenters. The van der Waals surface area contributed by atoms with E-state index in [1.807, 2.05) is 64.2 Å². The zero-order valence-electron chi connectivity index (χ0n) is 13.3. The van der Waals surface area contributed by atoms with Gasteiger partial charge in [-0.05, 0) is 18.2 Å². The SMILES string of the molecule is O=[N+]([O-])c1cccc(C2(O)C[n+]3ccccc3N2c2ccccc2)c1. The Morgan fingerprint density at radius 3 is 2.56 bits per heavy atom. The molecule has 1 aliphatic heterocycles. The molecular formula is C19H16N3O3+. The van der Waals surface area contributed by atoms with Gasteiger partial charge in [-0.15, -0.1) is 0 Å². The van der Waals surface area contributed by atoms with Crippen molar-refractivity contribution in [2.24, 2.45) is 0 Å². The van der Waals surface area contributed by atoms with E-state index in [0.717, 1.165) is 11.5 Å². The van der Waals surface area contributed by atoms with Gasteiger partial charge in [0.15, 0.2) is 6.54 Å². The Bertz CT molecular complexity index is 945. The molecule has 0 saturated heterocycles. The van der Waals surface area contributed by atoms with Gasteiger partial charge in [0, 0.05) is 23.8 Å². The van der Waals surface area contributed by atoms with E-state index in [-0.39, 0.29) is 12.2 Å². The largest absolute Gasteiger partial charge is 0.346 e. The number of pyridine rings is 1. The van der Waals surface area contributed by atoms with Crippen LogP contribution in [-0.4, -0.2) is 10.0 Å². The molecule has 1 aliphatic rings. The van der Waals surface area contributed by atoms with E-state index in [4.69, 9.17) is 0 Å². The minimum Gasteiger partial charge on any atom is -0.346 e. The highest BCUT2D eigenvalue weighted by Gasteiger charge is 2.53. The first-order chi connectivity index (χ1) is 12.1. The standard InChI is InChI=1S/C19H16N3O3/c23-19(15-7-6-10-17(13-15)22(24)25)14-20-12-5-4-11-18(20)21(19)16-8-2-1-3-9-16/h1-13,23H,14H2/q+1. The van der Waals surface area contributed by atoms with Crippen LogP contribution in [0, 0.1) is 10.1 Å². The van der Waals surface area contributed by atoms with Crippen LogP contribution in [0.15, 0.2) is 79.0 Å². The first-order valence-electron chi connectivity index (χ1n) is 7.91. The summed E-state index contributed by atoms with van der Waals surface area (Å²) in [4.78, 5) is 12.5. The Morgan fingerprint density at radius 2 is 1.80 bits per heavy atom. The quantitative estimate of drug-likeness (QED) is 0.454. The number of nitro benzene ring substituents is 1. The van der Waals surface area contributed by atoms with Crippen LogP contribution in [0.3, 0.4) is 0 Å². The first-order valence-corrected chi connectivity index (χ1v) is 7.91. The molecule has 6 nitrogen and oxygen atoms in total. The second kappa shape index (κ2) is 5.68. The molecule has 3 aromatic rings. The zero-order valence-corrected chi connectivity index (χ0v) is 13.3. The Hall–Kier alpha value is -3.25. The van der Waals surface area contributed by atoms with E-state index < -0.39 is 10.6 Å². The molecule has 25 heavy (non-hydrogen) atoms. The van der Waals surface area contributed by atoms with Crippen molar-refractivity contribution >= 4 is 17.2 Å². The monoisotopic (exact) mass is 334 g/mol. The lowest BCUT2D eigenvalue weighted by molar-refractivity contribution is -0.683. The highest BCUT2D eigenvalue weighted by atomic mass is 16.6. The predicted octanol–water partition coefficient (Wildman–Crippen LogP) is 2.88. The van der Waals surface area contributed by atoms with Gasteiger partial charge in [-0.25, -0.2) is 4.57 Å². The Kier molecular flexibility index (Phi) is 3.47. The zero-order chi connectivity index (χ0) is 17.4. The molecule has 0 aliphatic carbocycles. The molecular weight excluding hydrogens is 318 g/mol. The van der Waals surface area contributed by atoms with Crippen LogP contribution in [0.5, 0.6) is 0 Å². The summed E-state index contributed by atoms with van der Waals surface area (Å²) in [7, 11) is 0. The summed E-state index contributed by atoms with van der Waals surface area (Å²) in [6.45, 7) is 0.277. The third-order valence-corrected chi connectivity index (χ3v) is 4.44. The van der Waals surface area contributed by atoms with Gasteiger partial charge in [-0.3, -0.25) is 10.1 Å². The van der Waals surface area contributed by atoms with Crippen LogP contribution < -0.4 is 9.47 Å². The number of hydrogen-bond donors (Lipinski definition) is 1. The Labute approximate surface area is 144 Å². The van der Waals surface area contributed by atoms with E-state index in [9.17, 15) is 15.2 Å². The Balaban J connectivity index is 1.91. The number of non-ortho nitro benzene ring substituents is 1. The van der Waals surface area contributed by atoms with Crippen molar-refractivity contribution in [2.75, 3.05) is 4.90 Å². The summed E-state index contributed by atoms with van der Waals surface area (Å²) in [5.74, 6) is 0.822. The van der Waals surface area contributed by atoms with Crippen molar-refractivity contribution in [3.63, 3.8) is 0 Å². The number of anilines is 2.